The van der Waals surface area contributed by atoms with Crippen LogP contribution in [0.15, 0.2) is 24.4 Å². The lowest BCUT2D eigenvalue weighted by Crippen LogP contribution is -2.63. The summed E-state index contributed by atoms with van der Waals surface area (Å²) in [5.41, 5.74) is 2.87. The van der Waals surface area contributed by atoms with Gasteiger partial charge in [-0.3, -0.25) is 0 Å². The van der Waals surface area contributed by atoms with Crippen LogP contribution in [-0.2, 0) is 0 Å². The number of rotatable bonds is 17. The van der Waals surface area contributed by atoms with E-state index < -0.39 is 0 Å². The topological polar surface area (TPSA) is 3.24 Å². The molecule has 0 aromatic carbocycles. The average Bonchev–Trinajstić information content (AvgIpc) is 2.77. The Balaban J connectivity index is 7.47. The van der Waals surface area contributed by atoms with Gasteiger partial charge < -0.3 is 4.90 Å². The molecule has 0 aromatic rings. The van der Waals surface area contributed by atoms with Crippen molar-refractivity contribution in [3.63, 3.8) is 0 Å². The Kier molecular flexibility index (Phi) is 12.2. The van der Waals surface area contributed by atoms with E-state index in [1.54, 1.807) is 0 Å². The highest BCUT2D eigenvalue weighted by molar-refractivity contribution is 5.27. The molecule has 0 aliphatic heterocycles. The van der Waals surface area contributed by atoms with E-state index in [-0.39, 0.29) is 27.1 Å². The van der Waals surface area contributed by atoms with Crippen LogP contribution in [0.25, 0.3) is 0 Å². The van der Waals surface area contributed by atoms with Crippen molar-refractivity contribution in [2.24, 2.45) is 33.0 Å². The predicted molar refractivity (Wildman–Crippen MR) is 157 cm³/mol. The van der Waals surface area contributed by atoms with Crippen molar-refractivity contribution in [1.29, 1.82) is 0 Å². The molecule has 0 N–H and O–H groups in total. The third-order valence-corrected chi connectivity index (χ3v) is 11.3. The van der Waals surface area contributed by atoms with Gasteiger partial charge >= 0.3 is 0 Å². The molecule has 0 aromatic heterocycles. The fourth-order valence-corrected chi connectivity index (χ4v) is 8.24. The van der Waals surface area contributed by atoms with Crippen LogP contribution in [0.5, 0.6) is 0 Å². The van der Waals surface area contributed by atoms with Gasteiger partial charge in [-0.2, -0.15) is 0 Å². The van der Waals surface area contributed by atoms with E-state index in [1.807, 2.05) is 0 Å². The Morgan fingerprint density at radius 3 is 1.68 bits per heavy atom. The fraction of sp³-hybridized carbons (Fsp3) is 0.879. The highest BCUT2D eigenvalue weighted by Crippen LogP contribution is 2.72. The second-order valence-electron chi connectivity index (χ2n) is 13.1. The van der Waals surface area contributed by atoms with Crippen LogP contribution in [0, 0.1) is 33.0 Å². The van der Waals surface area contributed by atoms with Crippen LogP contribution in [0.1, 0.15) is 141 Å². The minimum atomic E-state index is -0.0708. The first-order valence-corrected chi connectivity index (χ1v) is 14.6. The van der Waals surface area contributed by atoms with Crippen molar-refractivity contribution in [2.45, 2.75) is 141 Å². The van der Waals surface area contributed by atoms with Gasteiger partial charge in [0.1, 0.15) is 0 Å². The largest absolute Gasteiger partial charge is 0.378 e. The number of allylic oxidation sites excluding steroid dienone is 2. The van der Waals surface area contributed by atoms with Crippen molar-refractivity contribution in [3.05, 3.63) is 24.4 Å². The number of nitrogens with zero attached hydrogens (tertiary/aromatic N) is 1. The molecule has 0 radical (unpaired) electrons. The van der Waals surface area contributed by atoms with E-state index >= 15 is 0 Å². The van der Waals surface area contributed by atoms with Crippen LogP contribution in [-0.4, -0.2) is 18.5 Å². The first-order valence-electron chi connectivity index (χ1n) is 14.6. The van der Waals surface area contributed by atoms with E-state index in [9.17, 15) is 0 Å². The molecular formula is C33H65N. The molecule has 4 atom stereocenters. The molecule has 0 rings (SSSR count). The van der Waals surface area contributed by atoms with E-state index in [0.29, 0.717) is 5.92 Å². The smallest absolute Gasteiger partial charge is 0.0178 e. The minimum Gasteiger partial charge on any atom is -0.378 e. The molecule has 4 unspecified atom stereocenters. The van der Waals surface area contributed by atoms with Crippen LogP contribution in [0.3, 0.4) is 0 Å². The zero-order valence-corrected chi connectivity index (χ0v) is 26.3. The van der Waals surface area contributed by atoms with E-state index in [0.717, 1.165) is 13.0 Å². The minimum absolute atomic E-state index is 0.0216. The summed E-state index contributed by atoms with van der Waals surface area (Å²) in [5.74, 6) is 0.579. The van der Waals surface area contributed by atoms with Gasteiger partial charge in [0.2, 0.25) is 0 Å². The summed E-state index contributed by atoms with van der Waals surface area (Å²) in [6, 6.07) is 0. The summed E-state index contributed by atoms with van der Waals surface area (Å²) in [4.78, 5) is 2.50. The van der Waals surface area contributed by atoms with Gasteiger partial charge in [0.15, 0.2) is 0 Å². The Labute approximate surface area is 217 Å². The van der Waals surface area contributed by atoms with E-state index in [1.165, 1.54) is 56.2 Å². The molecule has 0 aliphatic rings. The Bertz CT molecular complexity index is 655. The average molecular weight is 476 g/mol. The Hall–Kier alpha value is -0.720. The normalized spacial score (nSPS) is 19.0. The lowest BCUT2D eigenvalue weighted by molar-refractivity contribution is -0.169. The first-order chi connectivity index (χ1) is 15.5. The summed E-state index contributed by atoms with van der Waals surface area (Å²) in [5, 5.41) is 0. The molecule has 1 nitrogen and oxygen atoms in total. The van der Waals surface area contributed by atoms with Crippen molar-refractivity contribution < 1.29 is 0 Å². The van der Waals surface area contributed by atoms with E-state index in [2.05, 4.69) is 102 Å². The molecular weight excluding hydrogens is 410 g/mol. The second-order valence-corrected chi connectivity index (χ2v) is 13.1. The number of unbranched alkanes of at least 4 members (excludes halogenated alkanes) is 1. The number of hydrogen-bond donors (Lipinski definition) is 0. The molecule has 0 aliphatic carbocycles. The third kappa shape index (κ3) is 5.20. The molecule has 0 fully saturated rings. The maximum Gasteiger partial charge on any atom is 0.0178 e. The van der Waals surface area contributed by atoms with Gasteiger partial charge in [-0.05, 0) is 60.2 Å². The van der Waals surface area contributed by atoms with Crippen LogP contribution in [0.4, 0.5) is 0 Å². The van der Waals surface area contributed by atoms with Gasteiger partial charge in [-0.25, -0.2) is 0 Å². The van der Waals surface area contributed by atoms with Crippen molar-refractivity contribution in [2.75, 3.05) is 13.6 Å². The molecule has 34 heavy (non-hydrogen) atoms. The maximum absolute atomic E-state index is 4.90. The SMILES string of the molecule is C=C(C)C(CCC)(C(C)CC)C(C)(C)C(C)(CC)C(C)(C(=C)N(C)CCCC)C(C)(C)CCC. The zero-order valence-electron chi connectivity index (χ0n) is 26.3. The fourth-order valence-electron chi connectivity index (χ4n) is 8.24. The van der Waals surface area contributed by atoms with Crippen LogP contribution in [0.2, 0.25) is 0 Å². The van der Waals surface area contributed by atoms with E-state index in [4.69, 9.17) is 13.2 Å². The monoisotopic (exact) mass is 476 g/mol. The first kappa shape index (κ1) is 33.3. The van der Waals surface area contributed by atoms with Gasteiger partial charge in [-0.15, -0.1) is 0 Å². The van der Waals surface area contributed by atoms with Crippen molar-refractivity contribution in [1.82, 2.24) is 4.90 Å². The molecule has 0 saturated heterocycles. The third-order valence-electron chi connectivity index (χ3n) is 11.3. The Morgan fingerprint density at radius 1 is 0.824 bits per heavy atom. The van der Waals surface area contributed by atoms with Crippen LogP contribution < -0.4 is 0 Å². The lowest BCUT2D eigenvalue weighted by atomic mass is 9.36. The zero-order chi connectivity index (χ0) is 27.2. The molecule has 0 bridgehead atoms. The highest BCUT2D eigenvalue weighted by atomic mass is 15.1. The predicted octanol–water partition coefficient (Wildman–Crippen LogP) is 10.9. The van der Waals surface area contributed by atoms with Crippen molar-refractivity contribution in [3.8, 4) is 0 Å². The summed E-state index contributed by atoms with van der Waals surface area (Å²) in [6.07, 6.45) is 9.52. The Morgan fingerprint density at radius 2 is 1.32 bits per heavy atom. The molecule has 0 heterocycles. The van der Waals surface area contributed by atoms with Crippen LogP contribution >= 0.6 is 0 Å². The molecule has 0 amide bonds. The summed E-state index contributed by atoms with van der Waals surface area (Å²) in [7, 11) is 2.29. The number of hydrogen-bond acceptors (Lipinski definition) is 1. The highest BCUT2D eigenvalue weighted by Gasteiger charge is 2.66. The summed E-state index contributed by atoms with van der Waals surface area (Å²) in [6.45, 7) is 42.7. The van der Waals surface area contributed by atoms with Gasteiger partial charge in [0.05, 0.1) is 0 Å². The van der Waals surface area contributed by atoms with Gasteiger partial charge in [0.25, 0.3) is 0 Å². The molecule has 202 valence electrons. The summed E-state index contributed by atoms with van der Waals surface area (Å²) >= 11 is 0. The quantitative estimate of drug-likeness (QED) is 0.189. The molecule has 0 spiro atoms. The lowest BCUT2D eigenvalue weighted by Gasteiger charge is -2.69. The van der Waals surface area contributed by atoms with Gasteiger partial charge in [-0.1, -0.05) is 127 Å². The standard InChI is InChI=1S/C33H65N/c1-17-22-25-34(16)28(9)32(15,29(10,11)23-18-2)31(14,21-5)30(12,13)33(24-19-3,26(6)7)27(8)20-4/h27H,6,9,17-25H2,1-5,7-8,10-16H3. The maximum atomic E-state index is 4.90. The van der Waals surface area contributed by atoms with Crippen molar-refractivity contribution >= 4 is 0 Å². The molecule has 0 saturated carbocycles. The van der Waals surface area contributed by atoms with Gasteiger partial charge in [0, 0.05) is 24.7 Å². The summed E-state index contributed by atoms with van der Waals surface area (Å²) < 4.78 is 0. The second kappa shape index (κ2) is 12.5. The molecule has 1 heteroatoms.